The van der Waals surface area contributed by atoms with E-state index >= 15 is 0 Å². The Kier molecular flexibility index (Phi) is 7.02. The molecule has 0 radical (unpaired) electrons. The third kappa shape index (κ3) is 4.64. The summed E-state index contributed by atoms with van der Waals surface area (Å²) < 4.78 is 6.29. The van der Waals surface area contributed by atoms with Gasteiger partial charge in [0.2, 0.25) is 11.8 Å². The van der Waals surface area contributed by atoms with Gasteiger partial charge in [-0.2, -0.15) is 0 Å². The van der Waals surface area contributed by atoms with Crippen LogP contribution >= 0.6 is 0 Å². The standard InChI is InChI=1S/C43H40N4OSi2/c1-29-13-12-17-37-41(29)50(4,5)40-20-11-8-16-36(40)47(37)33-27-23-31(24-28-33)43-45-44-42(48-43)30-21-25-32(26-22-30)46-34-14-6-9-18-38(34)49(2,3)39-19-10-7-15-35(39)46/h6-12,14-29H,13H2,1-5H3. The predicted molar refractivity (Wildman–Crippen MR) is 212 cm³/mol. The molecule has 5 aromatic carbocycles. The molecular weight excluding hydrogens is 645 g/mol. The number of anilines is 5. The lowest BCUT2D eigenvalue weighted by molar-refractivity contribution is 0.584. The number of hydrogen-bond donors (Lipinski definition) is 0. The van der Waals surface area contributed by atoms with Crippen LogP contribution in [0.5, 0.6) is 0 Å². The smallest absolute Gasteiger partial charge is 0.248 e. The summed E-state index contributed by atoms with van der Waals surface area (Å²) in [6, 6.07) is 43.7. The summed E-state index contributed by atoms with van der Waals surface area (Å²) in [5.41, 5.74) is 9.21. The van der Waals surface area contributed by atoms with Crippen LogP contribution < -0.4 is 25.4 Å². The summed E-state index contributed by atoms with van der Waals surface area (Å²) in [7, 11) is -3.63. The summed E-state index contributed by atoms with van der Waals surface area (Å²) in [5.74, 6) is 1.57. The van der Waals surface area contributed by atoms with Crippen LogP contribution in [-0.2, 0) is 0 Å². The van der Waals surface area contributed by atoms with Gasteiger partial charge in [0.15, 0.2) is 0 Å². The molecule has 9 rings (SSSR count). The van der Waals surface area contributed by atoms with E-state index in [4.69, 9.17) is 4.42 Å². The summed E-state index contributed by atoms with van der Waals surface area (Å²) in [6.45, 7) is 12.3. The van der Waals surface area contributed by atoms with Crippen molar-refractivity contribution in [3.8, 4) is 22.9 Å². The average Bonchev–Trinajstić information content (AvgIpc) is 3.63. The maximum absolute atomic E-state index is 6.29. The van der Waals surface area contributed by atoms with E-state index in [1.807, 2.05) is 0 Å². The van der Waals surface area contributed by atoms with Crippen LogP contribution in [0.1, 0.15) is 13.3 Å². The van der Waals surface area contributed by atoms with Crippen LogP contribution in [0.25, 0.3) is 22.9 Å². The third-order valence-corrected chi connectivity index (χ3v) is 18.5. The molecule has 50 heavy (non-hydrogen) atoms. The van der Waals surface area contributed by atoms with E-state index in [-0.39, 0.29) is 0 Å². The zero-order chi connectivity index (χ0) is 34.2. The van der Waals surface area contributed by atoms with Gasteiger partial charge in [-0.3, -0.25) is 0 Å². The topological polar surface area (TPSA) is 45.4 Å². The predicted octanol–water partition coefficient (Wildman–Crippen LogP) is 9.47. The van der Waals surface area contributed by atoms with Crippen LogP contribution in [-0.4, -0.2) is 26.3 Å². The lowest BCUT2D eigenvalue weighted by Gasteiger charge is -2.45. The van der Waals surface area contributed by atoms with E-state index in [0.29, 0.717) is 17.7 Å². The lowest BCUT2D eigenvalue weighted by atomic mass is 9.99. The van der Waals surface area contributed by atoms with Crippen molar-refractivity contribution >= 4 is 60.1 Å². The first-order valence-corrected chi connectivity index (χ1v) is 23.6. The summed E-state index contributed by atoms with van der Waals surface area (Å²) in [4.78, 5) is 4.84. The maximum atomic E-state index is 6.29. The molecule has 1 aromatic heterocycles. The Bertz CT molecular complexity index is 2290. The second kappa shape index (κ2) is 11.4. The van der Waals surface area contributed by atoms with Crippen molar-refractivity contribution in [1.82, 2.24) is 10.2 Å². The molecule has 1 atom stereocenters. The fourth-order valence-corrected chi connectivity index (χ4v) is 15.4. The Morgan fingerprint density at radius 3 is 1.52 bits per heavy atom. The van der Waals surface area contributed by atoms with Gasteiger partial charge in [-0.05, 0) is 106 Å². The highest BCUT2D eigenvalue weighted by Gasteiger charge is 2.42. The molecule has 0 spiro atoms. The molecule has 0 saturated carbocycles. The first-order valence-electron chi connectivity index (χ1n) is 17.6. The van der Waals surface area contributed by atoms with Crippen LogP contribution in [0.15, 0.2) is 149 Å². The van der Waals surface area contributed by atoms with Crippen LogP contribution in [0.4, 0.5) is 28.4 Å². The van der Waals surface area contributed by atoms with Crippen molar-refractivity contribution in [2.45, 2.75) is 39.5 Å². The molecule has 5 nitrogen and oxygen atoms in total. The average molecular weight is 685 g/mol. The second-order valence-electron chi connectivity index (χ2n) is 14.8. The fraction of sp³-hybridized carbons (Fsp3) is 0.163. The minimum absolute atomic E-state index is 0.511. The van der Waals surface area contributed by atoms with Crippen molar-refractivity contribution < 1.29 is 4.42 Å². The summed E-state index contributed by atoms with van der Waals surface area (Å²) in [5, 5.41) is 15.0. The van der Waals surface area contributed by atoms with Gasteiger partial charge in [-0.15, -0.1) is 10.2 Å². The van der Waals surface area contributed by atoms with Crippen LogP contribution in [0, 0.1) is 5.92 Å². The fourth-order valence-electron chi connectivity index (χ4n) is 8.64. The van der Waals surface area contributed by atoms with Gasteiger partial charge in [0.05, 0.1) is 0 Å². The van der Waals surface area contributed by atoms with Gasteiger partial charge in [0, 0.05) is 45.3 Å². The Balaban J connectivity index is 1.02. The van der Waals surface area contributed by atoms with Crippen molar-refractivity contribution in [3.63, 3.8) is 0 Å². The zero-order valence-corrected chi connectivity index (χ0v) is 31.2. The van der Waals surface area contributed by atoms with Gasteiger partial charge in [0.25, 0.3) is 0 Å². The molecule has 6 aromatic rings. The van der Waals surface area contributed by atoms with Gasteiger partial charge >= 0.3 is 0 Å². The van der Waals surface area contributed by atoms with Crippen molar-refractivity contribution in [3.05, 3.63) is 144 Å². The molecule has 3 aliphatic rings. The minimum atomic E-state index is -1.83. The first kappa shape index (κ1) is 30.8. The highest BCUT2D eigenvalue weighted by Crippen LogP contribution is 2.44. The number of allylic oxidation sites excluding steroid dienone is 3. The highest BCUT2D eigenvalue weighted by atomic mass is 28.3. The number of rotatable bonds is 4. The van der Waals surface area contributed by atoms with E-state index in [1.165, 1.54) is 38.3 Å². The maximum Gasteiger partial charge on any atom is 0.248 e. The molecule has 0 amide bonds. The SMILES string of the molecule is CC1CC=CC2=C1[Si](C)(C)c1ccccc1N2c1ccc(-c2nnc(-c3ccc(N4c5ccccc5[Si](C)(C)c5ccccc54)cc3)o2)cc1. The lowest BCUT2D eigenvalue weighted by Crippen LogP contribution is -2.58. The zero-order valence-electron chi connectivity index (χ0n) is 29.2. The largest absolute Gasteiger partial charge is 0.416 e. The van der Waals surface area contributed by atoms with Gasteiger partial charge in [-0.25, -0.2) is 0 Å². The van der Waals surface area contributed by atoms with Crippen molar-refractivity contribution in [2.24, 2.45) is 5.92 Å². The molecule has 2 aliphatic heterocycles. The molecule has 1 unspecified atom stereocenters. The van der Waals surface area contributed by atoms with Gasteiger partial charge < -0.3 is 14.2 Å². The number of hydrogen-bond acceptors (Lipinski definition) is 5. The number of para-hydroxylation sites is 3. The normalized spacial score (nSPS) is 18.3. The molecule has 3 heterocycles. The third-order valence-electron chi connectivity index (χ3n) is 11.1. The van der Waals surface area contributed by atoms with Gasteiger partial charge in [-0.1, -0.05) is 93.8 Å². The first-order chi connectivity index (χ1) is 24.2. The molecular formula is C43H40N4OSi2. The van der Waals surface area contributed by atoms with E-state index < -0.39 is 16.1 Å². The van der Waals surface area contributed by atoms with Crippen LogP contribution in [0.3, 0.4) is 0 Å². The Morgan fingerprint density at radius 1 is 0.560 bits per heavy atom. The van der Waals surface area contributed by atoms with Crippen LogP contribution in [0.2, 0.25) is 26.2 Å². The minimum Gasteiger partial charge on any atom is -0.416 e. The van der Waals surface area contributed by atoms with E-state index in [1.54, 1.807) is 5.20 Å². The molecule has 7 heteroatoms. The molecule has 1 aliphatic carbocycles. The molecule has 0 saturated heterocycles. The van der Waals surface area contributed by atoms with E-state index in [9.17, 15) is 0 Å². The number of fused-ring (bicyclic) bond motifs is 3. The number of aromatic nitrogens is 2. The Hall–Kier alpha value is -5.25. The number of nitrogens with zero attached hydrogens (tertiary/aromatic N) is 4. The Labute approximate surface area is 296 Å². The molecule has 0 N–H and O–H groups in total. The van der Waals surface area contributed by atoms with Crippen molar-refractivity contribution in [1.29, 1.82) is 0 Å². The summed E-state index contributed by atoms with van der Waals surface area (Å²) in [6.07, 6.45) is 5.78. The molecule has 0 bridgehead atoms. The van der Waals surface area contributed by atoms with Crippen molar-refractivity contribution in [2.75, 3.05) is 9.80 Å². The quantitative estimate of drug-likeness (QED) is 0.173. The van der Waals surface area contributed by atoms with E-state index in [0.717, 1.165) is 28.9 Å². The highest BCUT2D eigenvalue weighted by molar-refractivity contribution is 7.02. The second-order valence-corrected chi connectivity index (χ2v) is 23.5. The molecule has 0 fully saturated rings. The molecule has 246 valence electrons. The van der Waals surface area contributed by atoms with E-state index in [2.05, 4.69) is 187 Å². The summed E-state index contributed by atoms with van der Waals surface area (Å²) >= 11 is 0. The number of benzene rings is 5. The Morgan fingerprint density at radius 2 is 1.00 bits per heavy atom. The monoisotopic (exact) mass is 684 g/mol. The van der Waals surface area contributed by atoms with Gasteiger partial charge in [0.1, 0.15) is 16.1 Å².